The van der Waals surface area contributed by atoms with Crippen LogP contribution in [-0.2, 0) is 21.9 Å². The van der Waals surface area contributed by atoms with Crippen LogP contribution in [-0.4, -0.2) is 34.0 Å². The minimum absolute atomic E-state index is 0.121. The Bertz CT molecular complexity index is 908. The number of halogens is 2. The molecule has 0 unspecified atom stereocenters. The summed E-state index contributed by atoms with van der Waals surface area (Å²) in [7, 11) is 0. The van der Waals surface area contributed by atoms with Gasteiger partial charge in [0.2, 0.25) is 11.8 Å². The van der Waals surface area contributed by atoms with Crippen molar-refractivity contribution in [3.05, 3.63) is 70.0 Å². The maximum Gasteiger partial charge on any atom is 0.243 e. The monoisotopic (exact) mass is 478 g/mol. The number of amides is 2. The third-order valence-electron chi connectivity index (χ3n) is 4.89. The fourth-order valence-electron chi connectivity index (χ4n) is 3.26. The number of hydrogen-bond donors (Lipinski definition) is 1. The molecule has 0 saturated heterocycles. The molecule has 2 rings (SSSR count). The van der Waals surface area contributed by atoms with Gasteiger partial charge in [0.25, 0.3) is 0 Å². The lowest BCUT2D eigenvalue weighted by Gasteiger charge is -2.33. The highest BCUT2D eigenvalue weighted by atomic mass is 35.5. The number of thioether (sulfide) groups is 1. The highest BCUT2D eigenvalue weighted by Gasteiger charge is 2.30. The number of rotatable bonds is 9. The van der Waals surface area contributed by atoms with E-state index in [1.54, 1.807) is 17.0 Å². The maximum absolute atomic E-state index is 14.1. The topological polar surface area (TPSA) is 49.4 Å². The summed E-state index contributed by atoms with van der Waals surface area (Å²) in [6, 6.07) is 11.9. The normalized spacial score (nSPS) is 12.3. The molecule has 7 heteroatoms. The summed E-state index contributed by atoms with van der Waals surface area (Å²) in [5, 5.41) is 3.34. The second kappa shape index (κ2) is 11.7. The maximum atomic E-state index is 14.1. The Morgan fingerprint density at radius 3 is 2.38 bits per heavy atom. The van der Waals surface area contributed by atoms with E-state index in [-0.39, 0.29) is 29.1 Å². The quantitative estimate of drug-likeness (QED) is 0.499. The first-order valence-electron chi connectivity index (χ1n) is 10.7. The molecule has 2 aromatic carbocycles. The Kier molecular flexibility index (Phi) is 9.59. The Morgan fingerprint density at radius 1 is 1.16 bits per heavy atom. The highest BCUT2D eigenvalue weighted by Crippen LogP contribution is 2.25. The van der Waals surface area contributed by atoms with Crippen molar-refractivity contribution >= 4 is 35.2 Å². The van der Waals surface area contributed by atoms with Gasteiger partial charge in [-0.3, -0.25) is 9.59 Å². The summed E-state index contributed by atoms with van der Waals surface area (Å²) in [6.07, 6.45) is 0.489. The van der Waals surface area contributed by atoms with E-state index in [0.717, 1.165) is 11.1 Å². The summed E-state index contributed by atoms with van der Waals surface area (Å²) in [5.74, 6) is -0.331. The van der Waals surface area contributed by atoms with Crippen LogP contribution < -0.4 is 5.32 Å². The molecule has 0 radical (unpaired) electrons. The van der Waals surface area contributed by atoms with Gasteiger partial charge < -0.3 is 10.2 Å². The third-order valence-corrected chi connectivity index (χ3v) is 6.19. The van der Waals surface area contributed by atoms with Crippen LogP contribution in [0.15, 0.2) is 42.5 Å². The van der Waals surface area contributed by atoms with Crippen molar-refractivity contribution < 1.29 is 14.0 Å². The molecule has 0 aromatic heterocycles. The minimum atomic E-state index is -0.597. The van der Waals surface area contributed by atoms with Crippen LogP contribution in [0.3, 0.4) is 0 Å². The van der Waals surface area contributed by atoms with Crippen molar-refractivity contribution in [2.75, 3.05) is 5.75 Å². The average molecular weight is 479 g/mol. The van der Waals surface area contributed by atoms with E-state index in [9.17, 15) is 14.0 Å². The summed E-state index contributed by atoms with van der Waals surface area (Å²) in [5.41, 5.74) is 2.06. The lowest BCUT2D eigenvalue weighted by Crippen LogP contribution is -2.53. The van der Waals surface area contributed by atoms with Gasteiger partial charge in [-0.15, -0.1) is 11.8 Å². The highest BCUT2D eigenvalue weighted by molar-refractivity contribution is 7.99. The zero-order valence-electron chi connectivity index (χ0n) is 19.4. The zero-order chi connectivity index (χ0) is 23.9. The number of nitrogens with zero attached hydrogens (tertiary/aromatic N) is 1. The zero-order valence-corrected chi connectivity index (χ0v) is 20.9. The molecule has 174 valence electrons. The van der Waals surface area contributed by atoms with Crippen LogP contribution >= 0.6 is 23.4 Å². The molecular formula is C25H32ClFN2O2S. The summed E-state index contributed by atoms with van der Waals surface area (Å²) < 4.78 is 14.1. The van der Waals surface area contributed by atoms with Crippen molar-refractivity contribution in [1.29, 1.82) is 0 Å². The number of hydrogen-bond acceptors (Lipinski definition) is 3. The fraction of sp³-hybridized carbons (Fsp3) is 0.440. The lowest BCUT2D eigenvalue weighted by atomic mass is 10.1. The molecule has 0 fully saturated rings. The van der Waals surface area contributed by atoms with Crippen LogP contribution in [0.4, 0.5) is 4.39 Å². The molecule has 4 nitrogen and oxygen atoms in total. The van der Waals surface area contributed by atoms with Gasteiger partial charge in [-0.25, -0.2) is 4.39 Å². The molecule has 2 amide bonds. The predicted molar refractivity (Wildman–Crippen MR) is 131 cm³/mol. The molecule has 1 atom stereocenters. The molecule has 2 aromatic rings. The predicted octanol–water partition coefficient (Wildman–Crippen LogP) is 5.74. The molecular weight excluding hydrogens is 447 g/mol. The number of benzene rings is 2. The van der Waals surface area contributed by atoms with Crippen molar-refractivity contribution in [2.45, 2.75) is 64.9 Å². The van der Waals surface area contributed by atoms with Gasteiger partial charge in [0.15, 0.2) is 0 Å². The molecule has 0 bridgehead atoms. The van der Waals surface area contributed by atoms with Gasteiger partial charge in [0.1, 0.15) is 11.9 Å². The lowest BCUT2D eigenvalue weighted by molar-refractivity contribution is -0.140. The SMILES string of the molecule is CC[C@@H](C(=O)NC(C)(C)C)N(Cc1ccc(C)cc1)C(=O)CSCc1c(F)cccc1Cl. The molecule has 0 heterocycles. The van der Waals surface area contributed by atoms with Gasteiger partial charge in [-0.05, 0) is 51.8 Å². The van der Waals surface area contributed by atoms with E-state index in [2.05, 4.69) is 5.32 Å². The summed E-state index contributed by atoms with van der Waals surface area (Å²) in [6.45, 7) is 9.97. The molecule has 0 spiro atoms. The smallest absolute Gasteiger partial charge is 0.243 e. The van der Waals surface area contributed by atoms with Crippen molar-refractivity contribution in [3.8, 4) is 0 Å². The molecule has 0 aliphatic heterocycles. The Morgan fingerprint density at radius 2 is 1.81 bits per heavy atom. The van der Waals surface area contributed by atoms with E-state index in [4.69, 9.17) is 11.6 Å². The van der Waals surface area contributed by atoms with Crippen LogP contribution in [0.5, 0.6) is 0 Å². The van der Waals surface area contributed by atoms with Gasteiger partial charge >= 0.3 is 0 Å². The Balaban J connectivity index is 2.18. The summed E-state index contributed by atoms with van der Waals surface area (Å²) >= 11 is 7.39. The first-order valence-corrected chi connectivity index (χ1v) is 12.2. The standard InChI is InChI=1S/C25H32ClFN2O2S/c1-6-22(24(31)28-25(3,4)5)29(14-18-12-10-17(2)11-13-18)23(30)16-32-15-19-20(26)8-7-9-21(19)27/h7-13,22H,6,14-16H2,1-5H3,(H,28,31)/t22-/m0/s1. The average Bonchev–Trinajstić information content (AvgIpc) is 2.70. The first-order chi connectivity index (χ1) is 15.0. The number of aryl methyl sites for hydroxylation is 1. The molecule has 32 heavy (non-hydrogen) atoms. The third kappa shape index (κ3) is 7.82. The summed E-state index contributed by atoms with van der Waals surface area (Å²) in [4.78, 5) is 27.9. The fourth-order valence-corrected chi connectivity index (χ4v) is 4.51. The number of carbonyl (C=O) groups is 2. The van der Waals surface area contributed by atoms with Gasteiger partial charge in [-0.2, -0.15) is 0 Å². The van der Waals surface area contributed by atoms with Crippen LogP contribution in [0.2, 0.25) is 5.02 Å². The van der Waals surface area contributed by atoms with E-state index >= 15 is 0 Å². The number of carbonyl (C=O) groups excluding carboxylic acids is 2. The number of nitrogens with one attached hydrogen (secondary N) is 1. The Hall–Kier alpha value is -2.05. The van der Waals surface area contributed by atoms with Crippen molar-refractivity contribution in [3.63, 3.8) is 0 Å². The molecule has 1 N–H and O–H groups in total. The second-order valence-electron chi connectivity index (χ2n) is 8.86. The van der Waals surface area contributed by atoms with Crippen molar-refractivity contribution in [1.82, 2.24) is 10.2 Å². The van der Waals surface area contributed by atoms with E-state index in [1.165, 1.54) is 17.8 Å². The minimum Gasteiger partial charge on any atom is -0.350 e. The Labute approximate surface area is 199 Å². The van der Waals surface area contributed by atoms with Crippen LogP contribution in [0.1, 0.15) is 50.8 Å². The first kappa shape index (κ1) is 26.2. The van der Waals surface area contributed by atoms with Gasteiger partial charge in [0.05, 0.1) is 5.75 Å². The van der Waals surface area contributed by atoms with Crippen molar-refractivity contribution in [2.24, 2.45) is 0 Å². The second-order valence-corrected chi connectivity index (χ2v) is 10.3. The van der Waals surface area contributed by atoms with Gasteiger partial charge in [0, 0.05) is 28.4 Å². The largest absolute Gasteiger partial charge is 0.350 e. The molecule has 0 aliphatic carbocycles. The molecule has 0 aliphatic rings. The van der Waals surface area contributed by atoms with E-state index in [1.807, 2.05) is 58.9 Å². The molecule has 0 saturated carbocycles. The van der Waals surface area contributed by atoms with E-state index < -0.39 is 11.6 Å². The van der Waals surface area contributed by atoms with Crippen LogP contribution in [0.25, 0.3) is 0 Å². The van der Waals surface area contributed by atoms with Crippen LogP contribution in [0, 0.1) is 12.7 Å². The van der Waals surface area contributed by atoms with Gasteiger partial charge in [-0.1, -0.05) is 54.4 Å². The van der Waals surface area contributed by atoms with E-state index in [0.29, 0.717) is 23.6 Å².